The summed E-state index contributed by atoms with van der Waals surface area (Å²) in [4.78, 5) is 12.1. The van der Waals surface area contributed by atoms with Crippen LogP contribution in [0.15, 0.2) is 77.7 Å². The lowest BCUT2D eigenvalue weighted by Crippen LogP contribution is -2.26. The Morgan fingerprint density at radius 2 is 1.68 bits per heavy atom. The molecule has 1 amide bonds. The first-order chi connectivity index (χ1) is 16.0. The normalized spacial score (nSPS) is 12.7. The van der Waals surface area contributed by atoms with Crippen molar-refractivity contribution in [2.75, 3.05) is 11.9 Å². The van der Waals surface area contributed by atoms with Crippen LogP contribution >= 0.6 is 11.6 Å². The summed E-state index contributed by atoms with van der Waals surface area (Å²) in [6.07, 6.45) is -4.59. The van der Waals surface area contributed by atoms with Gasteiger partial charge in [0.05, 0.1) is 21.2 Å². The minimum Gasteiger partial charge on any atom is -0.484 e. The standard InChI is InChI=1S/C23H20ClF3N2O4S/c1-15(16-5-3-2-4-6-16)29-34(31,32)19-10-8-18(9-11-19)33-14-22(30)28-21-13-17(23(25,26)27)7-12-20(21)24/h2-13,15,29H,14H2,1H3,(H,28,30)/t15-/m0/s1. The molecule has 0 radical (unpaired) electrons. The summed E-state index contributed by atoms with van der Waals surface area (Å²) in [7, 11) is -3.81. The zero-order valence-corrected chi connectivity index (χ0v) is 19.3. The predicted octanol–water partition coefficient (Wildman–Crippen LogP) is 5.42. The third kappa shape index (κ3) is 6.72. The number of hydrogen-bond donors (Lipinski definition) is 2. The summed E-state index contributed by atoms with van der Waals surface area (Å²) in [5.74, 6) is -0.545. The topological polar surface area (TPSA) is 84.5 Å². The number of carbonyl (C=O) groups excluding carboxylic acids is 1. The molecule has 11 heteroatoms. The van der Waals surface area contributed by atoms with Crippen molar-refractivity contribution in [1.82, 2.24) is 4.72 Å². The van der Waals surface area contributed by atoms with Crippen LogP contribution in [0, 0.1) is 0 Å². The van der Waals surface area contributed by atoms with Gasteiger partial charge in [0, 0.05) is 6.04 Å². The van der Waals surface area contributed by atoms with Crippen LogP contribution < -0.4 is 14.8 Å². The molecule has 34 heavy (non-hydrogen) atoms. The summed E-state index contributed by atoms with van der Waals surface area (Å²) in [6.45, 7) is 1.20. The first-order valence-corrected chi connectivity index (χ1v) is 11.8. The number of hydrogen-bond acceptors (Lipinski definition) is 4. The van der Waals surface area contributed by atoms with Crippen LogP contribution in [0.1, 0.15) is 24.1 Å². The SMILES string of the molecule is C[C@H](NS(=O)(=O)c1ccc(OCC(=O)Nc2cc(C(F)(F)F)ccc2Cl)cc1)c1ccccc1. The molecule has 0 saturated carbocycles. The second-order valence-corrected chi connectivity index (χ2v) is 9.38. The summed E-state index contributed by atoms with van der Waals surface area (Å²) >= 11 is 5.86. The van der Waals surface area contributed by atoms with E-state index < -0.39 is 40.3 Å². The third-order valence-corrected chi connectivity index (χ3v) is 6.59. The monoisotopic (exact) mass is 512 g/mol. The minimum atomic E-state index is -4.59. The number of anilines is 1. The lowest BCUT2D eigenvalue weighted by Gasteiger charge is -2.15. The van der Waals surface area contributed by atoms with Crippen molar-refractivity contribution in [3.05, 3.63) is 88.9 Å². The number of amides is 1. The average Bonchev–Trinajstić information content (AvgIpc) is 2.79. The molecular formula is C23H20ClF3N2O4S. The number of benzene rings is 3. The van der Waals surface area contributed by atoms with Gasteiger partial charge in [-0.15, -0.1) is 0 Å². The molecule has 2 N–H and O–H groups in total. The van der Waals surface area contributed by atoms with Gasteiger partial charge in [-0.1, -0.05) is 41.9 Å². The smallest absolute Gasteiger partial charge is 0.416 e. The Morgan fingerprint density at radius 1 is 1.03 bits per heavy atom. The largest absolute Gasteiger partial charge is 0.484 e. The van der Waals surface area contributed by atoms with E-state index >= 15 is 0 Å². The maximum absolute atomic E-state index is 12.9. The molecule has 3 aromatic carbocycles. The molecule has 0 bridgehead atoms. The first-order valence-electron chi connectivity index (χ1n) is 9.92. The number of carbonyl (C=O) groups is 1. The van der Waals surface area contributed by atoms with Crippen LogP contribution in [0.2, 0.25) is 5.02 Å². The van der Waals surface area contributed by atoms with Gasteiger partial charge in [-0.05, 0) is 55.0 Å². The molecule has 0 aliphatic heterocycles. The Balaban J connectivity index is 1.59. The van der Waals surface area contributed by atoms with E-state index in [1.54, 1.807) is 6.92 Å². The number of alkyl halides is 3. The van der Waals surface area contributed by atoms with Crippen LogP contribution in [-0.4, -0.2) is 20.9 Å². The van der Waals surface area contributed by atoms with Crippen molar-refractivity contribution in [3.63, 3.8) is 0 Å². The second-order valence-electron chi connectivity index (χ2n) is 7.25. The van der Waals surface area contributed by atoms with Gasteiger partial charge in [0.2, 0.25) is 10.0 Å². The number of nitrogens with one attached hydrogen (secondary N) is 2. The van der Waals surface area contributed by atoms with Crippen molar-refractivity contribution < 1.29 is 31.1 Å². The number of sulfonamides is 1. The summed E-state index contributed by atoms with van der Waals surface area (Å²) in [5, 5.41) is 2.20. The van der Waals surface area contributed by atoms with E-state index in [9.17, 15) is 26.4 Å². The summed E-state index contributed by atoms with van der Waals surface area (Å²) in [6, 6.07) is 16.5. The maximum atomic E-state index is 12.9. The van der Waals surface area contributed by atoms with Crippen LogP contribution in [0.5, 0.6) is 5.75 Å². The van der Waals surface area contributed by atoms with E-state index in [1.807, 2.05) is 30.3 Å². The average molecular weight is 513 g/mol. The Labute approximate surface area is 199 Å². The van der Waals surface area contributed by atoms with E-state index in [0.29, 0.717) is 0 Å². The fourth-order valence-corrected chi connectivity index (χ4v) is 4.35. The summed E-state index contributed by atoms with van der Waals surface area (Å²) in [5.41, 5.74) is -0.358. The van der Waals surface area contributed by atoms with E-state index in [-0.39, 0.29) is 21.4 Å². The molecule has 0 aliphatic carbocycles. The van der Waals surface area contributed by atoms with E-state index in [0.717, 1.165) is 23.8 Å². The van der Waals surface area contributed by atoms with Crippen LogP contribution in [0.3, 0.4) is 0 Å². The van der Waals surface area contributed by atoms with Crippen LogP contribution in [-0.2, 0) is 21.0 Å². The van der Waals surface area contributed by atoms with Gasteiger partial charge in [-0.2, -0.15) is 13.2 Å². The van der Waals surface area contributed by atoms with Crippen molar-refractivity contribution in [2.45, 2.75) is 24.0 Å². The Kier molecular flexibility index (Phi) is 7.86. The summed E-state index contributed by atoms with van der Waals surface area (Å²) < 4.78 is 71.7. The third-order valence-electron chi connectivity index (χ3n) is 4.70. The van der Waals surface area contributed by atoms with Gasteiger partial charge in [-0.25, -0.2) is 13.1 Å². The number of ether oxygens (including phenoxy) is 1. The fourth-order valence-electron chi connectivity index (χ4n) is 2.96. The van der Waals surface area contributed by atoms with Crippen molar-refractivity contribution in [2.24, 2.45) is 0 Å². The highest BCUT2D eigenvalue weighted by atomic mass is 35.5. The lowest BCUT2D eigenvalue weighted by atomic mass is 10.1. The highest BCUT2D eigenvalue weighted by Crippen LogP contribution is 2.33. The Hall–Kier alpha value is -3.08. The molecular weight excluding hydrogens is 493 g/mol. The number of rotatable bonds is 8. The molecule has 0 spiro atoms. The quantitative estimate of drug-likeness (QED) is 0.422. The highest BCUT2D eigenvalue weighted by Gasteiger charge is 2.31. The van der Waals surface area contributed by atoms with Crippen molar-refractivity contribution in [3.8, 4) is 5.75 Å². The van der Waals surface area contributed by atoms with Gasteiger partial charge < -0.3 is 10.1 Å². The molecule has 1 atom stereocenters. The molecule has 3 aromatic rings. The highest BCUT2D eigenvalue weighted by molar-refractivity contribution is 7.89. The van der Waals surface area contributed by atoms with E-state index in [2.05, 4.69) is 10.0 Å². The van der Waals surface area contributed by atoms with E-state index in [4.69, 9.17) is 16.3 Å². The Bertz CT molecular complexity index is 1250. The number of halogens is 4. The van der Waals surface area contributed by atoms with Gasteiger partial charge in [0.25, 0.3) is 5.91 Å². The van der Waals surface area contributed by atoms with Gasteiger partial charge in [-0.3, -0.25) is 4.79 Å². The molecule has 0 unspecified atom stereocenters. The molecule has 180 valence electrons. The fraction of sp³-hybridized carbons (Fsp3) is 0.174. The second kappa shape index (κ2) is 10.5. The van der Waals surface area contributed by atoms with Gasteiger partial charge in [0.15, 0.2) is 6.61 Å². The van der Waals surface area contributed by atoms with Gasteiger partial charge >= 0.3 is 6.18 Å². The zero-order valence-electron chi connectivity index (χ0n) is 17.8. The molecule has 3 rings (SSSR count). The predicted molar refractivity (Wildman–Crippen MR) is 122 cm³/mol. The van der Waals surface area contributed by atoms with E-state index in [1.165, 1.54) is 24.3 Å². The van der Waals surface area contributed by atoms with Crippen molar-refractivity contribution >= 4 is 33.2 Å². The maximum Gasteiger partial charge on any atom is 0.416 e. The lowest BCUT2D eigenvalue weighted by molar-refractivity contribution is -0.137. The van der Waals surface area contributed by atoms with Crippen molar-refractivity contribution in [1.29, 1.82) is 0 Å². The minimum absolute atomic E-state index is 0.00262. The molecule has 0 fully saturated rings. The van der Waals surface area contributed by atoms with Crippen LogP contribution in [0.25, 0.3) is 0 Å². The first kappa shape index (κ1) is 25.5. The van der Waals surface area contributed by atoms with Gasteiger partial charge in [0.1, 0.15) is 5.75 Å². The van der Waals surface area contributed by atoms with Crippen LogP contribution in [0.4, 0.5) is 18.9 Å². The molecule has 6 nitrogen and oxygen atoms in total. The molecule has 0 aromatic heterocycles. The Morgan fingerprint density at radius 3 is 2.29 bits per heavy atom. The molecule has 0 saturated heterocycles. The molecule has 0 aliphatic rings. The molecule has 0 heterocycles. The zero-order chi connectivity index (χ0) is 24.9.